The van der Waals surface area contributed by atoms with E-state index in [2.05, 4.69) is 15.2 Å². The van der Waals surface area contributed by atoms with Gasteiger partial charge < -0.3 is 14.0 Å². The number of benzene rings is 1. The molecular weight excluding hydrogens is 338 g/mol. The normalized spacial score (nSPS) is 11.9. The minimum atomic E-state index is -2.91. The predicted octanol–water partition coefficient (Wildman–Crippen LogP) is 2.70. The number of aryl methyl sites for hydroxylation is 1. The second-order valence-electron chi connectivity index (χ2n) is 5.15. The number of halogens is 2. The Labute approximate surface area is 141 Å². The van der Waals surface area contributed by atoms with Crippen LogP contribution in [-0.4, -0.2) is 29.7 Å². The molecule has 0 saturated carbocycles. The Hall–Kier alpha value is -2.97. The minimum absolute atomic E-state index is 0.0118. The molecule has 9 heteroatoms. The first-order chi connectivity index (χ1) is 11.8. The van der Waals surface area contributed by atoms with Gasteiger partial charge in [0.05, 0.1) is 12.1 Å². The van der Waals surface area contributed by atoms with Crippen molar-refractivity contribution in [3.05, 3.63) is 41.6 Å². The summed E-state index contributed by atoms with van der Waals surface area (Å²) in [6, 6.07) is 7.08. The van der Waals surface area contributed by atoms with Gasteiger partial charge >= 0.3 is 12.6 Å². The lowest BCUT2D eigenvalue weighted by atomic mass is 10.1. The van der Waals surface area contributed by atoms with Crippen molar-refractivity contribution in [2.45, 2.75) is 33.0 Å². The third-order valence-corrected chi connectivity index (χ3v) is 3.05. The Balaban J connectivity index is 1.83. The van der Waals surface area contributed by atoms with Gasteiger partial charge in [0, 0.05) is 6.07 Å². The van der Waals surface area contributed by atoms with Gasteiger partial charge in [0.15, 0.2) is 6.10 Å². The van der Waals surface area contributed by atoms with Crippen LogP contribution in [0.4, 0.5) is 14.7 Å². The van der Waals surface area contributed by atoms with Crippen LogP contribution in [0.3, 0.4) is 0 Å². The van der Waals surface area contributed by atoms with Crippen molar-refractivity contribution >= 4 is 17.8 Å². The van der Waals surface area contributed by atoms with Gasteiger partial charge in [-0.2, -0.15) is 8.78 Å². The first-order valence-electron chi connectivity index (χ1n) is 7.31. The van der Waals surface area contributed by atoms with E-state index >= 15 is 0 Å². The Morgan fingerprint density at radius 2 is 1.96 bits per heavy atom. The number of carbonyl (C=O) groups excluding carboxylic acids is 2. The van der Waals surface area contributed by atoms with Crippen LogP contribution < -0.4 is 10.1 Å². The molecule has 0 aliphatic rings. The number of amides is 1. The van der Waals surface area contributed by atoms with E-state index in [4.69, 9.17) is 9.26 Å². The van der Waals surface area contributed by atoms with Crippen LogP contribution in [0, 0.1) is 6.92 Å². The smallest absolute Gasteiger partial charge is 0.387 e. The van der Waals surface area contributed by atoms with Crippen LogP contribution >= 0.6 is 0 Å². The van der Waals surface area contributed by atoms with Crippen LogP contribution in [0.2, 0.25) is 0 Å². The van der Waals surface area contributed by atoms with Crippen molar-refractivity contribution in [2.75, 3.05) is 5.32 Å². The summed E-state index contributed by atoms with van der Waals surface area (Å²) in [4.78, 5) is 23.8. The SMILES string of the molecule is Cc1cc(NC(=O)C(C)OC(=O)Cc2ccc(OC(F)F)cc2)on1. The largest absolute Gasteiger partial charge is 0.452 e. The Morgan fingerprint density at radius 1 is 1.28 bits per heavy atom. The number of carbonyl (C=O) groups is 2. The molecule has 1 N–H and O–H groups in total. The van der Waals surface area contributed by atoms with Crippen LogP contribution in [0.15, 0.2) is 34.9 Å². The van der Waals surface area contributed by atoms with Gasteiger partial charge in [-0.3, -0.25) is 14.9 Å². The van der Waals surface area contributed by atoms with Crippen LogP contribution in [0.25, 0.3) is 0 Å². The Morgan fingerprint density at radius 3 is 2.52 bits per heavy atom. The molecule has 1 atom stereocenters. The molecule has 0 aliphatic heterocycles. The summed E-state index contributed by atoms with van der Waals surface area (Å²) in [6.07, 6.45) is -1.16. The Kier molecular flexibility index (Phi) is 6.04. The molecule has 1 aromatic heterocycles. The third kappa shape index (κ3) is 5.87. The molecule has 0 bridgehead atoms. The molecule has 25 heavy (non-hydrogen) atoms. The Bertz CT molecular complexity index is 730. The lowest BCUT2D eigenvalue weighted by molar-refractivity contribution is -0.152. The highest BCUT2D eigenvalue weighted by Crippen LogP contribution is 2.16. The van der Waals surface area contributed by atoms with E-state index in [-0.39, 0.29) is 18.1 Å². The third-order valence-electron chi connectivity index (χ3n) is 3.05. The number of ether oxygens (including phenoxy) is 2. The molecule has 134 valence electrons. The van der Waals surface area contributed by atoms with E-state index < -0.39 is 24.6 Å². The number of hydrogen-bond donors (Lipinski definition) is 1. The van der Waals surface area contributed by atoms with Crippen molar-refractivity contribution in [3.63, 3.8) is 0 Å². The number of nitrogens with one attached hydrogen (secondary N) is 1. The predicted molar refractivity (Wildman–Crippen MR) is 82.2 cm³/mol. The molecule has 7 nitrogen and oxygen atoms in total. The highest BCUT2D eigenvalue weighted by atomic mass is 19.3. The molecule has 1 unspecified atom stereocenters. The van der Waals surface area contributed by atoms with Gasteiger partial charge in [-0.25, -0.2) is 0 Å². The molecule has 1 amide bonds. The lowest BCUT2D eigenvalue weighted by Gasteiger charge is -2.12. The molecule has 0 aliphatic carbocycles. The van der Waals surface area contributed by atoms with Gasteiger partial charge in [0.2, 0.25) is 5.88 Å². The molecule has 2 aromatic rings. The van der Waals surface area contributed by atoms with Crippen molar-refractivity contribution in [1.29, 1.82) is 0 Å². The quantitative estimate of drug-likeness (QED) is 0.769. The fraction of sp³-hybridized carbons (Fsp3) is 0.312. The minimum Gasteiger partial charge on any atom is -0.452 e. The number of alkyl halides is 2. The maximum atomic E-state index is 12.1. The first-order valence-corrected chi connectivity index (χ1v) is 7.31. The van der Waals surface area contributed by atoms with Crippen molar-refractivity contribution < 1.29 is 32.4 Å². The zero-order valence-electron chi connectivity index (χ0n) is 13.5. The van der Waals surface area contributed by atoms with E-state index in [1.807, 2.05) is 0 Å². The second kappa shape index (κ2) is 8.22. The summed E-state index contributed by atoms with van der Waals surface area (Å²) in [7, 11) is 0. The number of hydrogen-bond acceptors (Lipinski definition) is 6. The molecule has 0 spiro atoms. The number of rotatable bonds is 7. The molecular formula is C16H16F2N2O5. The summed E-state index contributed by atoms with van der Waals surface area (Å²) >= 11 is 0. The summed E-state index contributed by atoms with van der Waals surface area (Å²) in [5, 5.41) is 6.04. The second-order valence-corrected chi connectivity index (χ2v) is 5.15. The molecule has 0 radical (unpaired) electrons. The summed E-state index contributed by atoms with van der Waals surface area (Å²) in [5.41, 5.74) is 1.13. The van der Waals surface area contributed by atoms with E-state index in [1.165, 1.54) is 37.3 Å². The van der Waals surface area contributed by atoms with Crippen molar-refractivity contribution in [3.8, 4) is 5.75 Å². The van der Waals surface area contributed by atoms with E-state index in [0.29, 0.717) is 11.3 Å². The number of aromatic nitrogens is 1. The lowest BCUT2D eigenvalue weighted by Crippen LogP contribution is -2.30. The maximum absolute atomic E-state index is 12.1. The number of anilines is 1. The number of esters is 1. The molecule has 1 aromatic carbocycles. The van der Waals surface area contributed by atoms with E-state index in [1.54, 1.807) is 6.92 Å². The highest BCUT2D eigenvalue weighted by Gasteiger charge is 2.19. The fourth-order valence-electron chi connectivity index (χ4n) is 1.89. The highest BCUT2D eigenvalue weighted by molar-refractivity contribution is 5.94. The van der Waals surface area contributed by atoms with Crippen LogP contribution in [0.5, 0.6) is 5.75 Å². The van der Waals surface area contributed by atoms with Crippen LogP contribution in [-0.2, 0) is 20.7 Å². The molecule has 1 heterocycles. The molecule has 0 fully saturated rings. The average molecular weight is 354 g/mol. The summed E-state index contributed by atoms with van der Waals surface area (Å²) < 4.78 is 38.2. The zero-order valence-corrected chi connectivity index (χ0v) is 13.5. The van der Waals surface area contributed by atoms with Gasteiger partial charge in [-0.05, 0) is 31.5 Å². The van der Waals surface area contributed by atoms with E-state index in [0.717, 1.165) is 0 Å². The topological polar surface area (TPSA) is 90.7 Å². The molecule has 0 saturated heterocycles. The first kappa shape index (κ1) is 18.4. The van der Waals surface area contributed by atoms with Gasteiger partial charge in [0.1, 0.15) is 5.75 Å². The van der Waals surface area contributed by atoms with Gasteiger partial charge in [-0.1, -0.05) is 17.3 Å². The standard InChI is InChI=1S/C16H16F2N2O5/c1-9-7-13(25-20-9)19-15(22)10(2)23-14(21)8-11-3-5-12(6-4-11)24-16(17)18/h3-7,10,16H,8H2,1-2H3,(H,19,22). The maximum Gasteiger partial charge on any atom is 0.387 e. The van der Waals surface area contributed by atoms with Crippen molar-refractivity contribution in [2.24, 2.45) is 0 Å². The monoisotopic (exact) mass is 354 g/mol. The summed E-state index contributed by atoms with van der Waals surface area (Å²) in [6.45, 7) is 0.194. The average Bonchev–Trinajstić information content (AvgIpc) is 2.93. The van der Waals surface area contributed by atoms with E-state index in [9.17, 15) is 18.4 Å². The van der Waals surface area contributed by atoms with Gasteiger partial charge in [0.25, 0.3) is 5.91 Å². The molecule has 2 rings (SSSR count). The van der Waals surface area contributed by atoms with Crippen molar-refractivity contribution in [1.82, 2.24) is 5.16 Å². The number of nitrogens with zero attached hydrogens (tertiary/aromatic N) is 1. The summed E-state index contributed by atoms with van der Waals surface area (Å²) in [5.74, 6) is -1.06. The fourth-order valence-corrected chi connectivity index (χ4v) is 1.89. The van der Waals surface area contributed by atoms with Gasteiger partial charge in [-0.15, -0.1) is 0 Å². The zero-order chi connectivity index (χ0) is 18.4. The van der Waals surface area contributed by atoms with Crippen LogP contribution in [0.1, 0.15) is 18.2 Å².